The van der Waals surface area contributed by atoms with Crippen LogP contribution in [0.1, 0.15) is 18.2 Å². The Bertz CT molecular complexity index is 507. The highest BCUT2D eigenvalue weighted by molar-refractivity contribution is 5.34. The van der Waals surface area contributed by atoms with Crippen molar-refractivity contribution in [2.45, 2.75) is 20.4 Å². The van der Waals surface area contributed by atoms with Crippen LogP contribution in [0.25, 0.3) is 5.69 Å². The molecule has 1 N–H and O–H groups in total. The second kappa shape index (κ2) is 5.05. The van der Waals surface area contributed by atoms with E-state index in [-0.39, 0.29) is 5.82 Å². The summed E-state index contributed by atoms with van der Waals surface area (Å²) >= 11 is 0. The summed E-state index contributed by atoms with van der Waals surface area (Å²) in [6, 6.07) is 5.02. The lowest BCUT2D eigenvalue weighted by atomic mass is 10.2. The van der Waals surface area contributed by atoms with Gasteiger partial charge in [-0.05, 0) is 31.2 Å². The molecule has 0 bridgehead atoms. The van der Waals surface area contributed by atoms with Crippen LogP contribution in [0.3, 0.4) is 0 Å². The minimum atomic E-state index is -0.230. The second-order valence-electron chi connectivity index (χ2n) is 3.87. The van der Waals surface area contributed by atoms with Gasteiger partial charge in [-0.15, -0.1) is 5.10 Å². The van der Waals surface area contributed by atoms with E-state index in [2.05, 4.69) is 15.6 Å². The Kier molecular flexibility index (Phi) is 3.49. The topological polar surface area (TPSA) is 42.7 Å². The number of aromatic nitrogens is 3. The predicted octanol–water partition coefficient (Wildman–Crippen LogP) is 1.82. The second-order valence-corrected chi connectivity index (χ2v) is 3.87. The fourth-order valence-corrected chi connectivity index (χ4v) is 1.48. The minimum absolute atomic E-state index is 0.230. The lowest BCUT2D eigenvalue weighted by Gasteiger charge is -2.01. The van der Waals surface area contributed by atoms with Crippen LogP contribution in [0.2, 0.25) is 0 Å². The third kappa shape index (κ3) is 2.68. The fourth-order valence-electron chi connectivity index (χ4n) is 1.48. The van der Waals surface area contributed by atoms with Crippen molar-refractivity contribution in [3.63, 3.8) is 0 Å². The maximum absolute atomic E-state index is 13.4. The molecule has 0 atom stereocenters. The van der Waals surface area contributed by atoms with Gasteiger partial charge in [0.1, 0.15) is 5.82 Å². The molecule has 4 nitrogen and oxygen atoms in total. The van der Waals surface area contributed by atoms with Gasteiger partial charge < -0.3 is 5.32 Å². The SMILES string of the molecule is CCNCc1cn(-c2ccc(C)c(F)c2)nn1. The number of hydrogen-bond acceptors (Lipinski definition) is 3. The fraction of sp³-hybridized carbons (Fsp3) is 0.333. The Hall–Kier alpha value is -1.75. The molecule has 0 fully saturated rings. The van der Waals surface area contributed by atoms with E-state index in [9.17, 15) is 4.39 Å². The molecule has 0 saturated heterocycles. The summed E-state index contributed by atoms with van der Waals surface area (Å²) in [5, 5.41) is 11.1. The molecule has 0 spiro atoms. The zero-order valence-corrected chi connectivity index (χ0v) is 9.94. The van der Waals surface area contributed by atoms with Crippen molar-refractivity contribution in [3.05, 3.63) is 41.5 Å². The van der Waals surface area contributed by atoms with Crippen LogP contribution in [-0.2, 0) is 6.54 Å². The number of halogens is 1. The zero-order chi connectivity index (χ0) is 12.3. The van der Waals surface area contributed by atoms with Crippen molar-refractivity contribution >= 4 is 0 Å². The molecule has 1 heterocycles. The van der Waals surface area contributed by atoms with E-state index in [4.69, 9.17) is 0 Å². The first-order chi connectivity index (χ1) is 8.20. The van der Waals surface area contributed by atoms with E-state index in [0.29, 0.717) is 17.8 Å². The first kappa shape index (κ1) is 11.7. The van der Waals surface area contributed by atoms with E-state index in [1.807, 2.05) is 13.0 Å². The Morgan fingerprint density at radius 3 is 2.94 bits per heavy atom. The lowest BCUT2D eigenvalue weighted by Crippen LogP contribution is -2.11. The summed E-state index contributed by atoms with van der Waals surface area (Å²) < 4.78 is 15.0. The summed E-state index contributed by atoms with van der Waals surface area (Å²) in [5.74, 6) is -0.230. The van der Waals surface area contributed by atoms with Crippen LogP contribution in [-0.4, -0.2) is 21.5 Å². The molecule has 1 aromatic carbocycles. The molecular formula is C12H15FN4. The summed E-state index contributed by atoms with van der Waals surface area (Å²) in [7, 11) is 0. The first-order valence-corrected chi connectivity index (χ1v) is 5.59. The van der Waals surface area contributed by atoms with Crippen LogP contribution in [0.4, 0.5) is 4.39 Å². The molecule has 1 aromatic heterocycles. The average Bonchev–Trinajstić information content (AvgIpc) is 2.79. The highest BCUT2D eigenvalue weighted by atomic mass is 19.1. The molecule has 17 heavy (non-hydrogen) atoms. The first-order valence-electron chi connectivity index (χ1n) is 5.59. The van der Waals surface area contributed by atoms with Crippen molar-refractivity contribution in [1.29, 1.82) is 0 Å². The molecule has 0 aliphatic rings. The maximum atomic E-state index is 13.4. The van der Waals surface area contributed by atoms with Gasteiger partial charge in [0.25, 0.3) is 0 Å². The van der Waals surface area contributed by atoms with E-state index >= 15 is 0 Å². The number of nitrogens with one attached hydrogen (secondary N) is 1. The average molecular weight is 234 g/mol. The molecule has 0 unspecified atom stereocenters. The predicted molar refractivity (Wildman–Crippen MR) is 63.4 cm³/mol. The quantitative estimate of drug-likeness (QED) is 0.877. The highest BCUT2D eigenvalue weighted by Crippen LogP contribution is 2.12. The van der Waals surface area contributed by atoms with Crippen molar-refractivity contribution in [2.75, 3.05) is 6.54 Å². The van der Waals surface area contributed by atoms with Gasteiger partial charge in [-0.3, -0.25) is 0 Å². The molecule has 0 aliphatic heterocycles. The number of nitrogens with zero attached hydrogens (tertiary/aromatic N) is 3. The van der Waals surface area contributed by atoms with Crippen molar-refractivity contribution in [2.24, 2.45) is 0 Å². The van der Waals surface area contributed by atoms with Crippen LogP contribution in [0, 0.1) is 12.7 Å². The van der Waals surface area contributed by atoms with Gasteiger partial charge in [0, 0.05) is 6.54 Å². The molecule has 0 saturated carbocycles. The molecule has 2 aromatic rings. The smallest absolute Gasteiger partial charge is 0.128 e. The third-order valence-electron chi connectivity index (χ3n) is 2.52. The Labute approximate surface area is 99.5 Å². The van der Waals surface area contributed by atoms with Gasteiger partial charge in [-0.2, -0.15) is 0 Å². The van der Waals surface area contributed by atoms with E-state index < -0.39 is 0 Å². The summed E-state index contributed by atoms with van der Waals surface area (Å²) in [6.45, 7) is 5.31. The van der Waals surface area contributed by atoms with Crippen molar-refractivity contribution in [1.82, 2.24) is 20.3 Å². The third-order valence-corrected chi connectivity index (χ3v) is 2.52. The summed E-state index contributed by atoms with van der Waals surface area (Å²) in [6.07, 6.45) is 1.80. The van der Waals surface area contributed by atoms with Gasteiger partial charge in [0.05, 0.1) is 17.6 Å². The Morgan fingerprint density at radius 1 is 1.41 bits per heavy atom. The van der Waals surface area contributed by atoms with Crippen LogP contribution < -0.4 is 5.32 Å². The van der Waals surface area contributed by atoms with Crippen LogP contribution >= 0.6 is 0 Å². The van der Waals surface area contributed by atoms with Crippen molar-refractivity contribution < 1.29 is 4.39 Å². The van der Waals surface area contributed by atoms with Crippen LogP contribution in [0.15, 0.2) is 24.4 Å². The lowest BCUT2D eigenvalue weighted by molar-refractivity contribution is 0.615. The van der Waals surface area contributed by atoms with Gasteiger partial charge in [-0.25, -0.2) is 9.07 Å². The molecule has 90 valence electrons. The zero-order valence-electron chi connectivity index (χ0n) is 9.94. The maximum Gasteiger partial charge on any atom is 0.128 e. The molecule has 0 amide bonds. The van der Waals surface area contributed by atoms with E-state index in [0.717, 1.165) is 12.2 Å². The number of rotatable bonds is 4. The largest absolute Gasteiger partial charge is 0.311 e. The van der Waals surface area contributed by atoms with E-state index in [1.54, 1.807) is 23.9 Å². The number of benzene rings is 1. The molecule has 0 aliphatic carbocycles. The molecule has 0 radical (unpaired) electrons. The summed E-state index contributed by atoms with van der Waals surface area (Å²) in [5.41, 5.74) is 2.15. The van der Waals surface area contributed by atoms with Gasteiger partial charge in [0.2, 0.25) is 0 Å². The van der Waals surface area contributed by atoms with Gasteiger partial charge in [0.15, 0.2) is 0 Å². The normalized spacial score (nSPS) is 10.8. The van der Waals surface area contributed by atoms with E-state index in [1.165, 1.54) is 6.07 Å². The molecular weight excluding hydrogens is 219 g/mol. The summed E-state index contributed by atoms with van der Waals surface area (Å²) in [4.78, 5) is 0. The number of aryl methyl sites for hydroxylation is 1. The standard InChI is InChI=1S/C12H15FN4/c1-3-14-7-10-8-17(16-15-10)11-5-4-9(2)12(13)6-11/h4-6,8,14H,3,7H2,1-2H3. The van der Waals surface area contributed by atoms with Gasteiger partial charge in [-0.1, -0.05) is 18.2 Å². The highest BCUT2D eigenvalue weighted by Gasteiger charge is 2.04. The monoisotopic (exact) mass is 234 g/mol. The van der Waals surface area contributed by atoms with Crippen molar-refractivity contribution in [3.8, 4) is 5.69 Å². The number of hydrogen-bond donors (Lipinski definition) is 1. The molecule has 5 heteroatoms. The minimum Gasteiger partial charge on any atom is -0.311 e. The van der Waals surface area contributed by atoms with Crippen LogP contribution in [0.5, 0.6) is 0 Å². The Morgan fingerprint density at radius 2 is 2.24 bits per heavy atom. The van der Waals surface area contributed by atoms with Gasteiger partial charge >= 0.3 is 0 Å². The Balaban J connectivity index is 2.21. The molecule has 2 rings (SSSR count).